The Labute approximate surface area is 213 Å². The molecule has 1 aromatic carbocycles. The first-order valence-electron chi connectivity index (χ1n) is 12.5. The van der Waals surface area contributed by atoms with Gasteiger partial charge in [0.1, 0.15) is 12.4 Å². The number of carbonyl (C=O) groups excluding carboxylic acids is 3. The van der Waals surface area contributed by atoms with E-state index in [2.05, 4.69) is 5.32 Å². The average Bonchev–Trinajstić information content (AvgIpc) is 3.24. The highest BCUT2D eigenvalue weighted by molar-refractivity contribution is 5.96. The number of methoxy groups -OCH3 is 1. The second-order valence-electron chi connectivity index (χ2n) is 9.42. The van der Waals surface area contributed by atoms with Gasteiger partial charge in [-0.15, -0.1) is 0 Å². The van der Waals surface area contributed by atoms with Crippen molar-refractivity contribution in [3.63, 3.8) is 0 Å². The number of ether oxygens (including phenoxy) is 1. The minimum atomic E-state index is -0.422. The third-order valence-corrected chi connectivity index (χ3v) is 7.12. The van der Waals surface area contributed by atoms with Crippen LogP contribution in [-0.4, -0.2) is 69.7 Å². The first-order chi connectivity index (χ1) is 17.9. The van der Waals surface area contributed by atoms with E-state index in [0.29, 0.717) is 31.9 Å². The van der Waals surface area contributed by atoms with Crippen LogP contribution in [0.5, 0.6) is 0 Å². The number of anilines is 1. The fourth-order valence-electron chi connectivity index (χ4n) is 5.17. The third kappa shape index (κ3) is 4.68. The van der Waals surface area contributed by atoms with Gasteiger partial charge in [0, 0.05) is 49.9 Å². The Morgan fingerprint density at radius 3 is 2.78 bits per heavy atom. The molecule has 1 fully saturated rings. The van der Waals surface area contributed by atoms with Crippen molar-refractivity contribution in [3.05, 3.63) is 58.3 Å². The van der Waals surface area contributed by atoms with Crippen LogP contribution in [-0.2, 0) is 40.3 Å². The number of nitrogens with one attached hydrogen (secondary N) is 1. The van der Waals surface area contributed by atoms with Crippen molar-refractivity contribution in [2.24, 2.45) is 0 Å². The van der Waals surface area contributed by atoms with E-state index in [9.17, 15) is 19.2 Å². The zero-order valence-electron chi connectivity index (χ0n) is 21.0. The smallest absolute Gasteiger partial charge is 0.414 e. The lowest BCUT2D eigenvalue weighted by atomic mass is 9.96. The van der Waals surface area contributed by atoms with Crippen molar-refractivity contribution in [1.82, 2.24) is 24.3 Å². The number of pyridine rings is 1. The van der Waals surface area contributed by atoms with Gasteiger partial charge >= 0.3 is 6.09 Å². The molecule has 1 N–H and O–H groups in total. The first kappa shape index (κ1) is 24.5. The lowest BCUT2D eigenvalue weighted by molar-refractivity contribution is -0.138. The Morgan fingerprint density at radius 1 is 1.19 bits per heavy atom. The number of hydrogen-bond acceptors (Lipinski definition) is 6. The van der Waals surface area contributed by atoms with Crippen molar-refractivity contribution in [2.75, 3.05) is 31.6 Å². The number of carbonyl (C=O) groups is 3. The van der Waals surface area contributed by atoms with Crippen LogP contribution in [0.4, 0.5) is 10.5 Å². The molecule has 1 saturated heterocycles. The highest BCUT2D eigenvalue weighted by Crippen LogP contribution is 2.36. The highest BCUT2D eigenvalue weighted by atomic mass is 16.5. The van der Waals surface area contributed by atoms with Crippen LogP contribution < -0.4 is 15.8 Å². The van der Waals surface area contributed by atoms with Crippen molar-refractivity contribution < 1.29 is 19.1 Å². The van der Waals surface area contributed by atoms with Crippen LogP contribution in [0.25, 0.3) is 11.0 Å². The number of aryl methyl sites for hydroxylation is 3. The summed E-state index contributed by atoms with van der Waals surface area (Å²) in [4.78, 5) is 58.0. The summed E-state index contributed by atoms with van der Waals surface area (Å²) in [7, 11) is 1.37. The van der Waals surface area contributed by atoms with Crippen LogP contribution in [0.15, 0.2) is 41.3 Å². The molecule has 0 radical (unpaired) electrons. The molecule has 2 aliphatic rings. The van der Waals surface area contributed by atoms with Crippen molar-refractivity contribution >= 4 is 34.6 Å². The number of benzene rings is 1. The molecule has 3 aromatic rings. The maximum Gasteiger partial charge on any atom is 0.414 e. The molecule has 3 amide bonds. The summed E-state index contributed by atoms with van der Waals surface area (Å²) in [6, 6.07) is 8.75. The number of piperazine rings is 1. The number of rotatable bonds is 5. The molecule has 5 rings (SSSR count). The Hall–Kier alpha value is -4.15. The maximum atomic E-state index is 13.2. The number of amides is 3. The average molecular weight is 507 g/mol. The van der Waals surface area contributed by atoms with E-state index in [-0.39, 0.29) is 36.5 Å². The third-order valence-electron chi connectivity index (χ3n) is 7.12. The Balaban J connectivity index is 1.55. The first-order valence-corrected chi connectivity index (χ1v) is 12.5. The quantitative estimate of drug-likeness (QED) is 0.557. The lowest BCUT2D eigenvalue weighted by Gasteiger charge is -2.34. The minimum absolute atomic E-state index is 0.0178. The van der Waals surface area contributed by atoms with E-state index in [1.807, 2.05) is 23.6 Å². The SMILES string of the molecule is COC(=O)N1c2ccc3c(nc(CCn4ccccc4=O)n3CC(=O)N3CCNC(=O)C3)c2CC[C@@H]1C. The lowest BCUT2D eigenvalue weighted by Crippen LogP contribution is -2.50. The predicted molar refractivity (Wildman–Crippen MR) is 136 cm³/mol. The van der Waals surface area contributed by atoms with E-state index < -0.39 is 6.09 Å². The van der Waals surface area contributed by atoms with Gasteiger partial charge < -0.3 is 24.1 Å². The zero-order valence-corrected chi connectivity index (χ0v) is 21.0. The molecule has 2 aliphatic heterocycles. The molecule has 0 bridgehead atoms. The van der Waals surface area contributed by atoms with Crippen LogP contribution in [0, 0.1) is 0 Å². The van der Waals surface area contributed by atoms with Crippen molar-refractivity contribution in [2.45, 2.75) is 45.3 Å². The Morgan fingerprint density at radius 2 is 2.03 bits per heavy atom. The normalized spacial score (nSPS) is 17.5. The van der Waals surface area contributed by atoms with Crippen LogP contribution in [0.3, 0.4) is 0 Å². The topological polar surface area (TPSA) is 119 Å². The Bertz CT molecular complexity index is 1430. The molecular formula is C26H30N6O5. The predicted octanol–water partition coefficient (Wildman–Crippen LogP) is 1.31. The Kier molecular flexibility index (Phi) is 6.68. The van der Waals surface area contributed by atoms with Crippen LogP contribution in [0.1, 0.15) is 24.7 Å². The molecule has 194 valence electrons. The summed E-state index contributed by atoms with van der Waals surface area (Å²) >= 11 is 0. The standard InChI is InChI=1S/C26H30N6O5/c1-17-6-7-18-19(32(17)26(36)37-2)8-9-20-25(18)28-21(10-13-29-12-4-3-5-23(29)34)31(20)16-24(35)30-14-11-27-22(33)15-30/h3-5,8-9,12,17H,6-7,10-11,13-16H2,1-2H3,(H,27,33)/t17-/m0/s1. The van der Waals surface area contributed by atoms with Gasteiger partial charge in [-0.1, -0.05) is 6.07 Å². The summed E-state index contributed by atoms with van der Waals surface area (Å²) in [5.74, 6) is 0.317. The number of aromatic nitrogens is 3. The van der Waals surface area contributed by atoms with Gasteiger partial charge in [0.25, 0.3) is 5.56 Å². The molecule has 11 heteroatoms. The largest absolute Gasteiger partial charge is 0.452 e. The maximum absolute atomic E-state index is 13.2. The van der Waals surface area contributed by atoms with Gasteiger partial charge in [-0.25, -0.2) is 9.78 Å². The highest BCUT2D eigenvalue weighted by Gasteiger charge is 2.32. The molecule has 37 heavy (non-hydrogen) atoms. The van der Waals surface area contributed by atoms with Crippen LogP contribution in [0.2, 0.25) is 0 Å². The van der Waals surface area contributed by atoms with Crippen molar-refractivity contribution in [3.8, 4) is 0 Å². The summed E-state index contributed by atoms with van der Waals surface area (Å²) in [6.45, 7) is 3.32. The van der Waals surface area contributed by atoms with Crippen LogP contribution >= 0.6 is 0 Å². The molecular weight excluding hydrogens is 476 g/mol. The minimum Gasteiger partial charge on any atom is -0.452 e. The van der Waals surface area contributed by atoms with E-state index in [1.54, 1.807) is 32.7 Å². The fourth-order valence-corrected chi connectivity index (χ4v) is 5.17. The summed E-state index contributed by atoms with van der Waals surface area (Å²) in [6.07, 6.45) is 3.22. The van der Waals surface area contributed by atoms with Gasteiger partial charge in [-0.05, 0) is 38.0 Å². The second kappa shape index (κ2) is 10.1. The molecule has 0 spiro atoms. The molecule has 0 saturated carbocycles. The summed E-state index contributed by atoms with van der Waals surface area (Å²) in [5.41, 5.74) is 3.09. The second-order valence-corrected chi connectivity index (χ2v) is 9.42. The number of hydrogen-bond donors (Lipinski definition) is 1. The van der Waals surface area contributed by atoms with E-state index in [0.717, 1.165) is 35.1 Å². The van der Waals surface area contributed by atoms with E-state index >= 15 is 0 Å². The molecule has 11 nitrogen and oxygen atoms in total. The monoisotopic (exact) mass is 506 g/mol. The van der Waals surface area contributed by atoms with Gasteiger partial charge in [0.2, 0.25) is 11.8 Å². The summed E-state index contributed by atoms with van der Waals surface area (Å²) < 4.78 is 8.51. The molecule has 4 heterocycles. The van der Waals surface area contributed by atoms with E-state index in [1.165, 1.54) is 13.2 Å². The number of nitrogens with zero attached hydrogens (tertiary/aromatic N) is 5. The number of imidazole rings is 1. The zero-order chi connectivity index (χ0) is 26.1. The fraction of sp³-hybridized carbons (Fsp3) is 0.423. The molecule has 0 unspecified atom stereocenters. The van der Waals surface area contributed by atoms with Gasteiger partial charge in [-0.2, -0.15) is 0 Å². The van der Waals surface area contributed by atoms with Crippen molar-refractivity contribution in [1.29, 1.82) is 0 Å². The summed E-state index contributed by atoms with van der Waals surface area (Å²) in [5, 5.41) is 2.74. The molecule has 2 aromatic heterocycles. The number of fused-ring (bicyclic) bond motifs is 3. The van der Waals surface area contributed by atoms with E-state index in [4.69, 9.17) is 9.72 Å². The molecule has 0 aliphatic carbocycles. The van der Waals surface area contributed by atoms with Gasteiger partial charge in [-0.3, -0.25) is 19.3 Å². The van der Waals surface area contributed by atoms with Gasteiger partial charge in [0.15, 0.2) is 0 Å². The molecule has 1 atom stereocenters. The van der Waals surface area contributed by atoms with Gasteiger partial charge in [0.05, 0.1) is 30.4 Å².